The summed E-state index contributed by atoms with van der Waals surface area (Å²) in [7, 11) is 0. The van der Waals surface area contributed by atoms with Crippen molar-refractivity contribution < 1.29 is 4.79 Å². The molecule has 1 aliphatic heterocycles. The van der Waals surface area contributed by atoms with Crippen molar-refractivity contribution in [2.45, 2.75) is 44.7 Å². The number of amides is 1. The monoisotopic (exact) mass is 353 g/mol. The lowest BCUT2D eigenvalue weighted by Gasteiger charge is -2.32. The third-order valence-corrected chi connectivity index (χ3v) is 4.83. The smallest absolute Gasteiger partial charge is 0.243 e. The molecule has 0 radical (unpaired) electrons. The van der Waals surface area contributed by atoms with E-state index in [-0.39, 0.29) is 5.91 Å². The molecule has 1 aromatic rings. The molecule has 1 saturated heterocycles. The van der Waals surface area contributed by atoms with E-state index in [1.54, 1.807) is 0 Å². The van der Waals surface area contributed by atoms with E-state index in [1.807, 2.05) is 24.3 Å². The fraction of sp³-hybridized carbons (Fsp3) is 0.562. The first-order chi connectivity index (χ1) is 9.93. The van der Waals surface area contributed by atoms with E-state index in [1.165, 1.54) is 0 Å². The Balaban J connectivity index is 2.17. The summed E-state index contributed by atoms with van der Waals surface area (Å²) in [6, 6.07) is 8.38. The second kappa shape index (κ2) is 6.79. The number of nitrogens with one attached hydrogen (secondary N) is 1. The van der Waals surface area contributed by atoms with Crippen LogP contribution >= 0.6 is 15.9 Å². The highest BCUT2D eigenvalue weighted by atomic mass is 79.9. The van der Waals surface area contributed by atoms with Gasteiger partial charge in [0.2, 0.25) is 5.91 Å². The van der Waals surface area contributed by atoms with Gasteiger partial charge in [0.15, 0.2) is 0 Å². The number of hydrogen-bond donors (Lipinski definition) is 2. The van der Waals surface area contributed by atoms with Crippen molar-refractivity contribution in [2.75, 3.05) is 18.4 Å². The molecule has 5 heteroatoms. The molecule has 0 bridgehead atoms. The van der Waals surface area contributed by atoms with Gasteiger partial charge in [-0.25, -0.2) is 0 Å². The van der Waals surface area contributed by atoms with Gasteiger partial charge in [0.05, 0.1) is 0 Å². The molecule has 3 N–H and O–H groups in total. The maximum Gasteiger partial charge on any atom is 0.243 e. The van der Waals surface area contributed by atoms with Crippen LogP contribution in [0.15, 0.2) is 28.7 Å². The zero-order chi connectivity index (χ0) is 15.5. The van der Waals surface area contributed by atoms with Gasteiger partial charge in [-0.1, -0.05) is 15.9 Å². The first-order valence-electron chi connectivity index (χ1n) is 7.51. The van der Waals surface area contributed by atoms with Gasteiger partial charge in [-0.3, -0.25) is 4.79 Å². The van der Waals surface area contributed by atoms with E-state index in [2.05, 4.69) is 40.0 Å². The van der Waals surface area contributed by atoms with E-state index in [0.29, 0.717) is 6.04 Å². The number of hydrogen-bond acceptors (Lipinski definition) is 3. The third kappa shape index (κ3) is 3.98. The molecule has 1 amide bonds. The molecule has 116 valence electrons. The molecular formula is C16H24BrN3O. The van der Waals surface area contributed by atoms with Crippen LogP contribution in [0.25, 0.3) is 0 Å². The lowest BCUT2D eigenvalue weighted by Crippen LogP contribution is -2.51. The molecule has 1 atom stereocenters. The summed E-state index contributed by atoms with van der Waals surface area (Å²) in [5.74, 6) is -0.254. The summed E-state index contributed by atoms with van der Waals surface area (Å²) in [5.41, 5.74) is 6.04. The lowest BCUT2D eigenvalue weighted by atomic mass is 9.89. The number of benzene rings is 1. The SMILES string of the molecule is CC(C)N1CCCC(Nc2ccc(Br)cc2)(C(N)=O)CC1. The van der Waals surface area contributed by atoms with Crippen LogP contribution < -0.4 is 11.1 Å². The average molecular weight is 354 g/mol. The van der Waals surface area contributed by atoms with Crippen molar-refractivity contribution in [1.82, 2.24) is 4.90 Å². The molecule has 1 unspecified atom stereocenters. The van der Waals surface area contributed by atoms with Gasteiger partial charge in [0, 0.05) is 22.7 Å². The third-order valence-electron chi connectivity index (χ3n) is 4.30. The van der Waals surface area contributed by atoms with Crippen LogP contribution in [0.2, 0.25) is 0 Å². The van der Waals surface area contributed by atoms with Gasteiger partial charge in [-0.15, -0.1) is 0 Å². The van der Waals surface area contributed by atoms with Crippen molar-refractivity contribution in [2.24, 2.45) is 5.73 Å². The number of likely N-dealkylation sites (tertiary alicyclic amines) is 1. The predicted octanol–water partition coefficient (Wildman–Crippen LogP) is 2.98. The summed E-state index contributed by atoms with van der Waals surface area (Å²) in [6.07, 6.45) is 2.50. The lowest BCUT2D eigenvalue weighted by molar-refractivity contribution is -0.122. The topological polar surface area (TPSA) is 58.4 Å². The van der Waals surface area contributed by atoms with E-state index in [4.69, 9.17) is 5.73 Å². The Morgan fingerprint density at radius 3 is 2.52 bits per heavy atom. The van der Waals surface area contributed by atoms with Crippen LogP contribution in [0.4, 0.5) is 5.69 Å². The van der Waals surface area contributed by atoms with Crippen LogP contribution in [0.1, 0.15) is 33.1 Å². The summed E-state index contributed by atoms with van der Waals surface area (Å²) in [4.78, 5) is 14.5. The highest BCUT2D eigenvalue weighted by Gasteiger charge is 2.38. The van der Waals surface area contributed by atoms with Crippen molar-refractivity contribution in [1.29, 1.82) is 0 Å². The molecule has 1 aromatic carbocycles. The summed E-state index contributed by atoms with van der Waals surface area (Å²) in [5, 5.41) is 3.40. The molecule has 1 fully saturated rings. The Morgan fingerprint density at radius 1 is 1.29 bits per heavy atom. The van der Waals surface area contributed by atoms with Gasteiger partial charge in [0.25, 0.3) is 0 Å². The molecule has 2 rings (SSSR count). The quantitative estimate of drug-likeness (QED) is 0.874. The molecule has 1 heterocycles. The molecule has 0 aromatic heterocycles. The number of nitrogens with zero attached hydrogens (tertiary/aromatic N) is 1. The second-order valence-corrected chi connectivity index (χ2v) is 6.98. The zero-order valence-electron chi connectivity index (χ0n) is 12.7. The average Bonchev–Trinajstić information content (AvgIpc) is 2.65. The van der Waals surface area contributed by atoms with Gasteiger partial charge >= 0.3 is 0 Å². The number of halogens is 1. The van der Waals surface area contributed by atoms with E-state index < -0.39 is 5.54 Å². The van der Waals surface area contributed by atoms with Gasteiger partial charge in [0.1, 0.15) is 5.54 Å². The fourth-order valence-electron chi connectivity index (χ4n) is 2.91. The minimum Gasteiger partial charge on any atom is -0.371 e. The van der Waals surface area contributed by atoms with E-state index >= 15 is 0 Å². The first kappa shape index (κ1) is 16.3. The summed E-state index contributed by atoms with van der Waals surface area (Å²) < 4.78 is 1.02. The first-order valence-corrected chi connectivity index (χ1v) is 8.30. The number of primary amides is 1. The highest BCUT2D eigenvalue weighted by molar-refractivity contribution is 9.10. The Bertz CT molecular complexity index is 489. The van der Waals surface area contributed by atoms with Crippen molar-refractivity contribution in [3.05, 3.63) is 28.7 Å². The van der Waals surface area contributed by atoms with Crippen LogP contribution in [-0.2, 0) is 4.79 Å². The van der Waals surface area contributed by atoms with Crippen LogP contribution in [0, 0.1) is 0 Å². The maximum absolute atomic E-state index is 12.1. The largest absolute Gasteiger partial charge is 0.371 e. The summed E-state index contributed by atoms with van der Waals surface area (Å²) in [6.45, 7) is 6.30. The number of carbonyl (C=O) groups excluding carboxylic acids is 1. The van der Waals surface area contributed by atoms with Gasteiger partial charge in [-0.05, 0) is 63.9 Å². The summed E-state index contributed by atoms with van der Waals surface area (Å²) >= 11 is 3.42. The molecule has 1 aliphatic rings. The van der Waals surface area contributed by atoms with Gasteiger partial charge < -0.3 is 16.0 Å². The minimum absolute atomic E-state index is 0.254. The second-order valence-electron chi connectivity index (χ2n) is 6.06. The Kier molecular flexibility index (Phi) is 5.27. The molecule has 0 spiro atoms. The standard InChI is InChI=1S/C16H24BrN3O/c1-12(2)20-10-3-8-16(9-11-20,15(18)21)19-14-6-4-13(17)5-7-14/h4-7,12,19H,3,8-11H2,1-2H3,(H2,18,21). The number of carbonyl (C=O) groups is 1. The fourth-order valence-corrected chi connectivity index (χ4v) is 3.18. The van der Waals surface area contributed by atoms with Crippen molar-refractivity contribution in [3.8, 4) is 0 Å². The van der Waals surface area contributed by atoms with E-state index in [9.17, 15) is 4.79 Å². The minimum atomic E-state index is -0.641. The molecule has 0 aliphatic carbocycles. The Hall–Kier alpha value is -1.07. The van der Waals surface area contributed by atoms with Crippen molar-refractivity contribution >= 4 is 27.5 Å². The van der Waals surface area contributed by atoms with Crippen LogP contribution in [0.3, 0.4) is 0 Å². The van der Waals surface area contributed by atoms with Crippen molar-refractivity contribution in [3.63, 3.8) is 0 Å². The normalized spacial score (nSPS) is 23.8. The molecule has 4 nitrogen and oxygen atoms in total. The Labute approximate surface area is 135 Å². The van der Waals surface area contributed by atoms with Crippen LogP contribution in [0.5, 0.6) is 0 Å². The Morgan fingerprint density at radius 2 is 1.95 bits per heavy atom. The number of anilines is 1. The van der Waals surface area contributed by atoms with E-state index in [0.717, 1.165) is 42.5 Å². The number of rotatable bonds is 4. The van der Waals surface area contributed by atoms with Gasteiger partial charge in [-0.2, -0.15) is 0 Å². The van der Waals surface area contributed by atoms with Crippen LogP contribution in [-0.4, -0.2) is 35.5 Å². The maximum atomic E-state index is 12.1. The molecule has 21 heavy (non-hydrogen) atoms. The zero-order valence-corrected chi connectivity index (χ0v) is 14.3. The molecule has 0 saturated carbocycles. The number of nitrogens with two attached hydrogens (primary N) is 1. The predicted molar refractivity (Wildman–Crippen MR) is 90.3 cm³/mol. The molecular weight excluding hydrogens is 330 g/mol. The highest BCUT2D eigenvalue weighted by Crippen LogP contribution is 2.28.